The lowest BCUT2D eigenvalue weighted by molar-refractivity contribution is -0.133. The summed E-state index contributed by atoms with van der Waals surface area (Å²) >= 11 is 3.56. The predicted molar refractivity (Wildman–Crippen MR) is 125 cm³/mol. The number of benzene rings is 2. The Morgan fingerprint density at radius 1 is 1.13 bits per heavy atom. The normalized spacial score (nSPS) is 13.8. The highest BCUT2D eigenvalue weighted by Crippen LogP contribution is 2.25. The lowest BCUT2D eigenvalue weighted by Crippen LogP contribution is -2.61. The molecule has 1 aliphatic heterocycles. The third-order valence-corrected chi connectivity index (χ3v) is 5.95. The number of rotatable bonds is 8. The molecule has 160 valence electrons. The molecule has 0 radical (unpaired) electrons. The fourth-order valence-corrected chi connectivity index (χ4v) is 4.22. The molecule has 31 heavy (non-hydrogen) atoms. The molecule has 1 saturated heterocycles. The van der Waals surface area contributed by atoms with Crippen LogP contribution >= 0.6 is 15.9 Å². The van der Waals surface area contributed by atoms with Crippen LogP contribution in [0.2, 0.25) is 0 Å². The Morgan fingerprint density at radius 3 is 2.65 bits per heavy atom. The van der Waals surface area contributed by atoms with E-state index in [4.69, 9.17) is 0 Å². The van der Waals surface area contributed by atoms with Crippen LogP contribution in [-0.4, -0.2) is 40.4 Å². The zero-order valence-electron chi connectivity index (χ0n) is 17.2. The molecule has 0 aliphatic carbocycles. The van der Waals surface area contributed by atoms with Gasteiger partial charge in [0.1, 0.15) is 6.54 Å². The van der Waals surface area contributed by atoms with Crippen molar-refractivity contribution < 1.29 is 9.59 Å². The molecule has 3 aromatic rings. The van der Waals surface area contributed by atoms with Crippen LogP contribution in [0.5, 0.6) is 0 Å². The second-order valence-electron chi connectivity index (χ2n) is 7.74. The van der Waals surface area contributed by atoms with Crippen LogP contribution in [0.1, 0.15) is 11.1 Å². The Balaban J connectivity index is 1.41. The Kier molecular flexibility index (Phi) is 6.53. The smallest absolute Gasteiger partial charge is 0.246 e. The first-order chi connectivity index (χ1) is 15.0. The summed E-state index contributed by atoms with van der Waals surface area (Å²) in [6, 6.07) is 16.4. The molecule has 6 nitrogen and oxygen atoms in total. The lowest BCUT2D eigenvalue weighted by Gasteiger charge is -2.38. The van der Waals surface area contributed by atoms with E-state index in [2.05, 4.69) is 51.3 Å². The van der Waals surface area contributed by atoms with Crippen molar-refractivity contribution in [3.8, 4) is 0 Å². The Hall–Kier alpha value is -2.90. The topological polar surface area (TPSA) is 66.4 Å². The lowest BCUT2D eigenvalue weighted by atomic mass is 10.1. The van der Waals surface area contributed by atoms with Crippen LogP contribution in [-0.2, 0) is 29.2 Å². The van der Waals surface area contributed by atoms with Crippen molar-refractivity contribution in [3.63, 3.8) is 0 Å². The maximum absolute atomic E-state index is 12.6. The molecular formula is C24H25BrN4O2. The first-order valence-corrected chi connectivity index (χ1v) is 11.1. The van der Waals surface area contributed by atoms with Gasteiger partial charge in [-0.15, -0.1) is 0 Å². The number of aromatic nitrogens is 1. The highest BCUT2D eigenvalue weighted by molar-refractivity contribution is 9.10. The van der Waals surface area contributed by atoms with Gasteiger partial charge in [0.05, 0.1) is 6.04 Å². The molecular weight excluding hydrogens is 456 g/mol. The van der Waals surface area contributed by atoms with E-state index >= 15 is 0 Å². The van der Waals surface area contributed by atoms with Gasteiger partial charge in [-0.25, -0.2) is 0 Å². The van der Waals surface area contributed by atoms with Crippen molar-refractivity contribution >= 4 is 38.6 Å². The molecule has 2 heterocycles. The van der Waals surface area contributed by atoms with Gasteiger partial charge in [-0.1, -0.05) is 52.8 Å². The van der Waals surface area contributed by atoms with E-state index in [1.807, 2.05) is 41.1 Å². The van der Waals surface area contributed by atoms with E-state index in [-0.39, 0.29) is 24.4 Å². The summed E-state index contributed by atoms with van der Waals surface area (Å²) in [6.45, 7) is 6.28. The summed E-state index contributed by atoms with van der Waals surface area (Å²) in [6.07, 6.45) is 3.35. The van der Waals surface area contributed by atoms with Crippen molar-refractivity contribution in [1.82, 2.24) is 20.1 Å². The number of nitrogens with one attached hydrogen (secondary N) is 2. The first-order valence-electron chi connectivity index (χ1n) is 10.3. The quantitative estimate of drug-likeness (QED) is 0.486. The molecule has 7 heteroatoms. The maximum Gasteiger partial charge on any atom is 0.246 e. The van der Waals surface area contributed by atoms with Gasteiger partial charge in [-0.05, 0) is 35.4 Å². The van der Waals surface area contributed by atoms with E-state index in [1.165, 1.54) is 11.6 Å². The zero-order chi connectivity index (χ0) is 21.8. The van der Waals surface area contributed by atoms with E-state index < -0.39 is 0 Å². The van der Waals surface area contributed by atoms with Crippen LogP contribution in [0.4, 0.5) is 0 Å². The van der Waals surface area contributed by atoms with Gasteiger partial charge in [0, 0.05) is 47.8 Å². The summed E-state index contributed by atoms with van der Waals surface area (Å²) < 4.78 is 3.00. The van der Waals surface area contributed by atoms with Gasteiger partial charge in [0.2, 0.25) is 11.8 Å². The number of fused-ring (bicyclic) bond motifs is 1. The molecule has 2 amide bonds. The van der Waals surface area contributed by atoms with E-state index in [9.17, 15) is 9.59 Å². The van der Waals surface area contributed by atoms with Crippen molar-refractivity contribution in [2.75, 3.05) is 13.1 Å². The number of amides is 2. The molecule has 0 atom stereocenters. The highest BCUT2D eigenvalue weighted by atomic mass is 79.9. The fraction of sp³-hybridized carbons (Fsp3) is 0.250. The van der Waals surface area contributed by atoms with Gasteiger partial charge >= 0.3 is 0 Å². The summed E-state index contributed by atoms with van der Waals surface area (Å²) in [5, 5.41) is 7.62. The van der Waals surface area contributed by atoms with Crippen molar-refractivity contribution in [3.05, 3.63) is 83.0 Å². The monoisotopic (exact) mass is 480 g/mol. The van der Waals surface area contributed by atoms with Gasteiger partial charge in [0.15, 0.2) is 0 Å². The molecule has 2 aromatic carbocycles. The number of hydrogen-bond acceptors (Lipinski definition) is 3. The van der Waals surface area contributed by atoms with E-state index in [0.717, 1.165) is 27.5 Å². The zero-order valence-corrected chi connectivity index (χ0v) is 18.8. The number of likely N-dealkylation sites (tertiary alicyclic amines) is 1. The van der Waals surface area contributed by atoms with Gasteiger partial charge in [0.25, 0.3) is 0 Å². The highest BCUT2D eigenvalue weighted by Gasteiger charge is 2.30. The Labute approximate surface area is 190 Å². The van der Waals surface area contributed by atoms with Crippen LogP contribution in [0.15, 0.2) is 71.9 Å². The first kappa shape index (κ1) is 21.3. The summed E-state index contributed by atoms with van der Waals surface area (Å²) in [4.78, 5) is 25.8. The van der Waals surface area contributed by atoms with Crippen LogP contribution in [0.25, 0.3) is 10.9 Å². The number of halogens is 1. The minimum absolute atomic E-state index is 0.000574. The van der Waals surface area contributed by atoms with Crippen LogP contribution in [0.3, 0.4) is 0 Å². The third-order valence-electron chi connectivity index (χ3n) is 5.46. The second-order valence-corrected chi connectivity index (χ2v) is 8.66. The molecule has 0 unspecified atom stereocenters. The van der Waals surface area contributed by atoms with E-state index in [0.29, 0.717) is 19.6 Å². The molecule has 1 fully saturated rings. The number of hydrogen-bond donors (Lipinski definition) is 2. The van der Waals surface area contributed by atoms with Gasteiger partial charge in [-0.2, -0.15) is 0 Å². The molecule has 0 bridgehead atoms. The minimum atomic E-state index is -0.0971. The molecule has 4 rings (SSSR count). The molecule has 0 saturated carbocycles. The van der Waals surface area contributed by atoms with Crippen molar-refractivity contribution in [2.24, 2.45) is 0 Å². The summed E-state index contributed by atoms with van der Waals surface area (Å²) in [5.74, 6) is -0.153. The fourth-order valence-electron chi connectivity index (χ4n) is 3.86. The molecule has 0 spiro atoms. The van der Waals surface area contributed by atoms with E-state index in [1.54, 1.807) is 4.90 Å². The Bertz CT molecular complexity index is 1100. The predicted octanol–water partition coefficient (Wildman–Crippen LogP) is 3.21. The molecule has 2 N–H and O–H groups in total. The van der Waals surface area contributed by atoms with Crippen LogP contribution in [0, 0.1) is 0 Å². The molecule has 1 aliphatic rings. The van der Waals surface area contributed by atoms with Crippen molar-refractivity contribution in [1.29, 1.82) is 0 Å². The number of nitrogens with zero attached hydrogens (tertiary/aromatic N) is 2. The maximum atomic E-state index is 12.6. The van der Waals surface area contributed by atoms with Crippen molar-refractivity contribution in [2.45, 2.75) is 25.7 Å². The number of carbonyl (C=O) groups is 2. The van der Waals surface area contributed by atoms with Crippen LogP contribution < -0.4 is 10.6 Å². The summed E-state index contributed by atoms with van der Waals surface area (Å²) in [5.41, 5.74) is 3.40. The largest absolute Gasteiger partial charge is 0.348 e. The second kappa shape index (κ2) is 9.49. The average Bonchev–Trinajstić information content (AvgIpc) is 3.07. The molecule has 1 aromatic heterocycles. The summed E-state index contributed by atoms with van der Waals surface area (Å²) in [7, 11) is 0. The SMILES string of the molecule is C=CC(=O)N1CC(NC(=O)Cn2cc(CNCc3ccccc3)c3cc(Br)ccc32)C1. The third kappa shape index (κ3) is 5.06. The number of carbonyl (C=O) groups excluding carboxylic acids is 2. The van der Waals surface area contributed by atoms with Gasteiger partial charge in [-0.3, -0.25) is 9.59 Å². The van der Waals surface area contributed by atoms with Gasteiger partial charge < -0.3 is 20.1 Å². The Morgan fingerprint density at radius 2 is 1.90 bits per heavy atom. The average molecular weight is 481 g/mol. The minimum Gasteiger partial charge on any atom is -0.348 e. The standard InChI is InChI=1S/C24H25BrN4O2/c1-2-24(31)29-14-20(15-29)27-23(30)16-28-13-18(21-10-19(25)8-9-22(21)28)12-26-11-17-6-4-3-5-7-17/h2-10,13,20,26H,1,11-12,14-16H2,(H,27,30).